The van der Waals surface area contributed by atoms with Crippen molar-refractivity contribution >= 4 is 28.4 Å². The Morgan fingerprint density at radius 1 is 1.24 bits per heavy atom. The molecule has 0 atom stereocenters. The van der Waals surface area contributed by atoms with Crippen LogP contribution < -0.4 is 5.32 Å². The van der Waals surface area contributed by atoms with Crippen LogP contribution in [0.1, 0.15) is 11.5 Å². The summed E-state index contributed by atoms with van der Waals surface area (Å²) in [6.07, 6.45) is 1.76. The molecule has 1 aromatic carbocycles. The van der Waals surface area contributed by atoms with E-state index in [2.05, 4.69) is 15.5 Å². The molecule has 0 aliphatic rings. The van der Waals surface area contributed by atoms with Crippen LogP contribution in [0.25, 0.3) is 10.9 Å². The number of benzene rings is 1. The van der Waals surface area contributed by atoms with Crippen molar-refractivity contribution in [1.82, 2.24) is 10.2 Å². The van der Waals surface area contributed by atoms with Crippen molar-refractivity contribution in [1.29, 1.82) is 0 Å². The van der Waals surface area contributed by atoms with Gasteiger partial charge in [0.1, 0.15) is 11.5 Å². The third kappa shape index (κ3) is 3.55. The molecule has 2 aromatic heterocycles. The van der Waals surface area contributed by atoms with E-state index < -0.39 is 5.76 Å². The van der Waals surface area contributed by atoms with E-state index in [0.717, 1.165) is 16.6 Å². The summed E-state index contributed by atoms with van der Waals surface area (Å²) in [6.45, 7) is 0.499. The lowest BCUT2D eigenvalue weighted by Crippen LogP contribution is -1.97. The SMILES string of the molecule is FC(F)SCc1ccc(CNc2ccc3cn[nH]c3c2)o1. The van der Waals surface area contributed by atoms with Gasteiger partial charge in [-0.05, 0) is 30.3 Å². The zero-order valence-corrected chi connectivity index (χ0v) is 11.8. The van der Waals surface area contributed by atoms with Gasteiger partial charge in [0.25, 0.3) is 5.76 Å². The van der Waals surface area contributed by atoms with Gasteiger partial charge < -0.3 is 9.73 Å². The fraction of sp³-hybridized carbons (Fsp3) is 0.214. The van der Waals surface area contributed by atoms with Crippen LogP contribution in [-0.4, -0.2) is 16.0 Å². The molecule has 3 aromatic rings. The van der Waals surface area contributed by atoms with Gasteiger partial charge in [-0.2, -0.15) is 13.9 Å². The summed E-state index contributed by atoms with van der Waals surface area (Å²) < 4.78 is 29.7. The third-order valence-electron chi connectivity index (χ3n) is 2.98. The van der Waals surface area contributed by atoms with Crippen LogP contribution in [0.4, 0.5) is 14.5 Å². The predicted molar refractivity (Wildman–Crippen MR) is 79.4 cm³/mol. The largest absolute Gasteiger partial charge is 0.463 e. The van der Waals surface area contributed by atoms with Crippen LogP contribution in [0.5, 0.6) is 0 Å². The van der Waals surface area contributed by atoms with Crippen molar-refractivity contribution in [2.24, 2.45) is 0 Å². The maximum absolute atomic E-state index is 12.1. The van der Waals surface area contributed by atoms with E-state index in [0.29, 0.717) is 29.8 Å². The molecular formula is C14H13F2N3OS. The smallest absolute Gasteiger partial charge is 0.284 e. The monoisotopic (exact) mass is 309 g/mol. The number of thioether (sulfide) groups is 1. The highest BCUT2D eigenvalue weighted by atomic mass is 32.2. The number of aromatic amines is 1. The topological polar surface area (TPSA) is 53.9 Å². The Kier molecular flexibility index (Phi) is 4.10. The standard InChI is InChI=1S/C14H13F2N3OS/c15-14(16)21-8-12-4-3-11(20-12)7-17-10-2-1-9-6-18-19-13(9)5-10/h1-6,14,17H,7-8H2,(H,18,19). The number of furan rings is 1. The van der Waals surface area contributed by atoms with Gasteiger partial charge in [-0.3, -0.25) is 5.10 Å². The van der Waals surface area contributed by atoms with Crippen molar-refractivity contribution in [3.63, 3.8) is 0 Å². The molecule has 0 fully saturated rings. The Balaban J connectivity index is 1.59. The van der Waals surface area contributed by atoms with Crippen LogP contribution in [0.2, 0.25) is 0 Å². The summed E-state index contributed by atoms with van der Waals surface area (Å²) in [5, 5.41) is 11.1. The molecule has 3 rings (SSSR count). The first kappa shape index (κ1) is 13.9. The normalized spacial score (nSPS) is 11.4. The summed E-state index contributed by atoms with van der Waals surface area (Å²) in [6, 6.07) is 9.40. The van der Waals surface area contributed by atoms with Crippen molar-refractivity contribution < 1.29 is 13.2 Å². The predicted octanol–water partition coefficient (Wildman–Crippen LogP) is 4.22. The van der Waals surface area contributed by atoms with E-state index in [-0.39, 0.29) is 5.75 Å². The minimum atomic E-state index is -2.38. The Hall–Kier alpha value is -2.02. The number of halogens is 2. The van der Waals surface area contributed by atoms with Gasteiger partial charge in [0.15, 0.2) is 0 Å². The van der Waals surface area contributed by atoms with Crippen LogP contribution in [0, 0.1) is 0 Å². The molecule has 0 unspecified atom stereocenters. The first-order chi connectivity index (χ1) is 10.2. The lowest BCUT2D eigenvalue weighted by Gasteiger charge is -2.04. The Labute approximate surface area is 123 Å². The molecule has 110 valence electrons. The zero-order chi connectivity index (χ0) is 14.7. The van der Waals surface area contributed by atoms with Gasteiger partial charge in [-0.15, -0.1) is 0 Å². The van der Waals surface area contributed by atoms with Gasteiger partial charge in [0.05, 0.1) is 24.0 Å². The van der Waals surface area contributed by atoms with Crippen LogP contribution in [0.15, 0.2) is 40.9 Å². The molecule has 0 spiro atoms. The number of nitrogens with zero attached hydrogens (tertiary/aromatic N) is 1. The number of hydrogen-bond acceptors (Lipinski definition) is 4. The average molecular weight is 309 g/mol. The molecule has 4 nitrogen and oxygen atoms in total. The van der Waals surface area contributed by atoms with E-state index in [1.54, 1.807) is 18.3 Å². The first-order valence-electron chi connectivity index (χ1n) is 6.35. The highest BCUT2D eigenvalue weighted by Gasteiger charge is 2.07. The van der Waals surface area contributed by atoms with Crippen LogP contribution in [-0.2, 0) is 12.3 Å². The van der Waals surface area contributed by atoms with Crippen molar-refractivity contribution in [2.45, 2.75) is 18.1 Å². The molecule has 7 heteroatoms. The molecule has 0 radical (unpaired) electrons. The molecule has 0 bridgehead atoms. The number of aromatic nitrogens is 2. The summed E-state index contributed by atoms with van der Waals surface area (Å²) in [5.41, 5.74) is 1.89. The summed E-state index contributed by atoms with van der Waals surface area (Å²) in [5.74, 6) is -0.930. The number of alkyl halides is 2. The van der Waals surface area contributed by atoms with E-state index >= 15 is 0 Å². The number of nitrogens with one attached hydrogen (secondary N) is 2. The van der Waals surface area contributed by atoms with E-state index in [1.807, 2.05) is 18.2 Å². The molecule has 0 aliphatic carbocycles. The molecule has 0 aliphatic heterocycles. The van der Waals surface area contributed by atoms with Gasteiger partial charge in [-0.1, -0.05) is 11.8 Å². The zero-order valence-electron chi connectivity index (χ0n) is 11.0. The van der Waals surface area contributed by atoms with Crippen molar-refractivity contribution in [3.8, 4) is 0 Å². The number of rotatable bonds is 6. The van der Waals surface area contributed by atoms with E-state index in [9.17, 15) is 8.78 Å². The highest BCUT2D eigenvalue weighted by molar-refractivity contribution is 7.98. The summed E-state index contributed by atoms with van der Waals surface area (Å²) in [7, 11) is 0. The molecule has 21 heavy (non-hydrogen) atoms. The number of fused-ring (bicyclic) bond motifs is 1. The molecule has 2 N–H and O–H groups in total. The summed E-state index contributed by atoms with van der Waals surface area (Å²) >= 11 is 0.556. The second-order valence-corrected chi connectivity index (χ2v) is 5.44. The van der Waals surface area contributed by atoms with Crippen LogP contribution >= 0.6 is 11.8 Å². The third-order valence-corrected chi connectivity index (χ3v) is 3.68. The first-order valence-corrected chi connectivity index (χ1v) is 7.40. The fourth-order valence-corrected chi connectivity index (χ4v) is 2.42. The molecule has 0 saturated heterocycles. The highest BCUT2D eigenvalue weighted by Crippen LogP contribution is 2.22. The number of hydrogen-bond donors (Lipinski definition) is 2. The van der Waals surface area contributed by atoms with Crippen molar-refractivity contribution in [3.05, 3.63) is 48.0 Å². The van der Waals surface area contributed by atoms with Gasteiger partial charge >= 0.3 is 0 Å². The summed E-state index contributed by atoms with van der Waals surface area (Å²) in [4.78, 5) is 0. The average Bonchev–Trinajstić information content (AvgIpc) is 3.11. The Morgan fingerprint density at radius 3 is 2.95 bits per heavy atom. The number of H-pyrrole nitrogens is 1. The second kappa shape index (κ2) is 6.17. The van der Waals surface area contributed by atoms with E-state index in [4.69, 9.17) is 4.42 Å². The quantitative estimate of drug-likeness (QED) is 0.715. The lowest BCUT2D eigenvalue weighted by molar-refractivity contribution is 0.251. The maximum atomic E-state index is 12.1. The lowest BCUT2D eigenvalue weighted by atomic mass is 10.2. The van der Waals surface area contributed by atoms with Crippen molar-refractivity contribution in [2.75, 3.05) is 5.32 Å². The Morgan fingerprint density at radius 2 is 2.10 bits per heavy atom. The molecule has 0 amide bonds. The van der Waals surface area contributed by atoms with Gasteiger partial charge in [0.2, 0.25) is 0 Å². The minimum absolute atomic E-state index is 0.178. The van der Waals surface area contributed by atoms with Gasteiger partial charge in [0, 0.05) is 11.1 Å². The molecular weight excluding hydrogens is 296 g/mol. The second-order valence-electron chi connectivity index (χ2n) is 4.47. The maximum Gasteiger partial charge on any atom is 0.284 e. The number of anilines is 1. The van der Waals surface area contributed by atoms with E-state index in [1.165, 1.54) is 0 Å². The minimum Gasteiger partial charge on any atom is -0.463 e. The fourth-order valence-electron chi connectivity index (χ4n) is 1.98. The van der Waals surface area contributed by atoms with Crippen LogP contribution in [0.3, 0.4) is 0 Å². The molecule has 2 heterocycles. The van der Waals surface area contributed by atoms with Gasteiger partial charge in [-0.25, -0.2) is 0 Å². The molecule has 0 saturated carbocycles. The Bertz CT molecular complexity index is 726.